The highest BCUT2D eigenvalue weighted by atomic mass is 32.1. The minimum atomic E-state index is 0.854. The van der Waals surface area contributed by atoms with Gasteiger partial charge in [-0.05, 0) is 34.7 Å². The molecule has 0 radical (unpaired) electrons. The first-order chi connectivity index (χ1) is 9.38. The molecule has 1 saturated carbocycles. The molecule has 1 heterocycles. The highest BCUT2D eigenvalue weighted by Crippen LogP contribution is 2.25. The number of rotatable bonds is 5. The summed E-state index contributed by atoms with van der Waals surface area (Å²) in [4.78, 5) is 4.27. The third-order valence-electron chi connectivity index (χ3n) is 3.83. The number of hydrogen-bond donors (Lipinski definition) is 2. The second kappa shape index (κ2) is 8.20. The Hall–Kier alpha value is -1.03. The highest BCUT2D eigenvalue weighted by molar-refractivity contribution is 7.07. The van der Waals surface area contributed by atoms with E-state index in [4.69, 9.17) is 0 Å². The molecule has 1 fully saturated rings. The van der Waals surface area contributed by atoms with Gasteiger partial charge in [0.15, 0.2) is 5.96 Å². The summed E-state index contributed by atoms with van der Waals surface area (Å²) in [6, 6.07) is 2.15. The first kappa shape index (κ1) is 14.4. The fourth-order valence-corrected chi connectivity index (χ4v) is 3.34. The Labute approximate surface area is 120 Å². The van der Waals surface area contributed by atoms with E-state index in [1.807, 2.05) is 7.05 Å². The molecule has 0 atom stereocenters. The molecule has 1 aliphatic rings. The Kier molecular flexibility index (Phi) is 6.21. The molecule has 2 rings (SSSR count). The van der Waals surface area contributed by atoms with Crippen LogP contribution in [0.3, 0.4) is 0 Å². The summed E-state index contributed by atoms with van der Waals surface area (Å²) >= 11 is 1.74. The van der Waals surface area contributed by atoms with Gasteiger partial charge < -0.3 is 10.6 Å². The minimum Gasteiger partial charge on any atom is -0.356 e. The van der Waals surface area contributed by atoms with Crippen molar-refractivity contribution in [3.8, 4) is 0 Å². The van der Waals surface area contributed by atoms with Gasteiger partial charge in [-0.3, -0.25) is 4.99 Å². The molecule has 19 heavy (non-hydrogen) atoms. The van der Waals surface area contributed by atoms with Crippen LogP contribution in [0.5, 0.6) is 0 Å². The number of nitrogens with one attached hydrogen (secondary N) is 2. The zero-order valence-corrected chi connectivity index (χ0v) is 12.6. The Bertz CT molecular complexity index is 367. The minimum absolute atomic E-state index is 0.854. The van der Waals surface area contributed by atoms with E-state index < -0.39 is 0 Å². The highest BCUT2D eigenvalue weighted by Gasteiger charge is 2.12. The van der Waals surface area contributed by atoms with Gasteiger partial charge in [0, 0.05) is 20.1 Å². The zero-order chi connectivity index (χ0) is 13.3. The van der Waals surface area contributed by atoms with Crippen LogP contribution in [0, 0.1) is 5.92 Å². The van der Waals surface area contributed by atoms with Crippen molar-refractivity contribution in [2.24, 2.45) is 10.9 Å². The lowest BCUT2D eigenvalue weighted by molar-refractivity contribution is 0.339. The molecule has 1 aromatic heterocycles. The standard InChI is InChI=1S/C15H25N3S/c1-16-15(18-11-14-8-10-19-12-14)17-9-7-13-5-3-2-4-6-13/h8,10,12-13H,2-7,9,11H2,1H3,(H2,16,17,18). The molecule has 106 valence electrons. The van der Waals surface area contributed by atoms with E-state index >= 15 is 0 Å². The van der Waals surface area contributed by atoms with Gasteiger partial charge in [-0.1, -0.05) is 32.1 Å². The van der Waals surface area contributed by atoms with Gasteiger partial charge in [-0.2, -0.15) is 11.3 Å². The van der Waals surface area contributed by atoms with Gasteiger partial charge in [-0.25, -0.2) is 0 Å². The Morgan fingerprint density at radius 3 is 2.84 bits per heavy atom. The zero-order valence-electron chi connectivity index (χ0n) is 11.8. The van der Waals surface area contributed by atoms with Crippen LogP contribution in [0.25, 0.3) is 0 Å². The van der Waals surface area contributed by atoms with Crippen molar-refractivity contribution in [3.63, 3.8) is 0 Å². The van der Waals surface area contributed by atoms with Crippen molar-refractivity contribution in [1.82, 2.24) is 10.6 Å². The average molecular weight is 279 g/mol. The Balaban J connectivity index is 1.62. The van der Waals surface area contributed by atoms with E-state index in [0.717, 1.165) is 25.0 Å². The topological polar surface area (TPSA) is 36.4 Å². The summed E-state index contributed by atoms with van der Waals surface area (Å²) in [7, 11) is 1.84. The molecule has 1 aromatic rings. The predicted molar refractivity (Wildman–Crippen MR) is 83.7 cm³/mol. The lowest BCUT2D eigenvalue weighted by Crippen LogP contribution is -2.37. The monoisotopic (exact) mass is 279 g/mol. The molecule has 2 N–H and O–H groups in total. The van der Waals surface area contributed by atoms with E-state index in [2.05, 4.69) is 32.5 Å². The van der Waals surface area contributed by atoms with Crippen molar-refractivity contribution in [1.29, 1.82) is 0 Å². The van der Waals surface area contributed by atoms with E-state index in [-0.39, 0.29) is 0 Å². The van der Waals surface area contributed by atoms with E-state index in [9.17, 15) is 0 Å². The second-order valence-corrected chi connectivity index (χ2v) is 6.06. The lowest BCUT2D eigenvalue weighted by Gasteiger charge is -2.22. The normalized spacial score (nSPS) is 17.4. The lowest BCUT2D eigenvalue weighted by atomic mass is 9.87. The molecule has 0 aliphatic heterocycles. The quantitative estimate of drug-likeness (QED) is 0.640. The molecule has 0 unspecified atom stereocenters. The molecule has 0 spiro atoms. The molecule has 1 aliphatic carbocycles. The predicted octanol–water partition coefficient (Wildman–Crippen LogP) is 3.38. The van der Waals surface area contributed by atoms with Crippen LogP contribution in [0.1, 0.15) is 44.1 Å². The maximum absolute atomic E-state index is 4.27. The number of aliphatic imine (C=N–C) groups is 1. The van der Waals surface area contributed by atoms with Crippen LogP contribution < -0.4 is 10.6 Å². The Morgan fingerprint density at radius 1 is 1.32 bits per heavy atom. The smallest absolute Gasteiger partial charge is 0.191 e. The van der Waals surface area contributed by atoms with E-state index in [1.54, 1.807) is 11.3 Å². The molecule has 0 saturated heterocycles. The molecule has 4 heteroatoms. The summed E-state index contributed by atoms with van der Waals surface area (Å²) < 4.78 is 0. The maximum Gasteiger partial charge on any atom is 0.191 e. The van der Waals surface area contributed by atoms with Crippen LogP contribution in [-0.4, -0.2) is 19.6 Å². The van der Waals surface area contributed by atoms with Gasteiger partial charge in [-0.15, -0.1) is 0 Å². The van der Waals surface area contributed by atoms with Crippen molar-refractivity contribution < 1.29 is 0 Å². The van der Waals surface area contributed by atoms with Crippen LogP contribution in [0.4, 0.5) is 0 Å². The van der Waals surface area contributed by atoms with Gasteiger partial charge in [0.25, 0.3) is 0 Å². The van der Waals surface area contributed by atoms with Gasteiger partial charge >= 0.3 is 0 Å². The van der Waals surface area contributed by atoms with Crippen molar-refractivity contribution in [2.75, 3.05) is 13.6 Å². The summed E-state index contributed by atoms with van der Waals surface area (Å²) in [5.41, 5.74) is 1.32. The molecule has 0 bridgehead atoms. The van der Waals surface area contributed by atoms with E-state index in [0.29, 0.717) is 0 Å². The third-order valence-corrected chi connectivity index (χ3v) is 4.57. The third kappa shape index (κ3) is 5.23. The number of guanidine groups is 1. The summed E-state index contributed by atoms with van der Waals surface area (Å²) in [5.74, 6) is 1.85. The second-order valence-electron chi connectivity index (χ2n) is 5.28. The molecular formula is C15H25N3S. The summed E-state index contributed by atoms with van der Waals surface area (Å²) in [5, 5.41) is 11.1. The molecular weight excluding hydrogens is 254 g/mol. The fourth-order valence-electron chi connectivity index (χ4n) is 2.67. The van der Waals surface area contributed by atoms with Crippen LogP contribution in [-0.2, 0) is 6.54 Å². The molecule has 0 aromatic carbocycles. The largest absolute Gasteiger partial charge is 0.356 e. The number of hydrogen-bond acceptors (Lipinski definition) is 2. The maximum atomic E-state index is 4.27. The van der Waals surface area contributed by atoms with Crippen molar-refractivity contribution >= 4 is 17.3 Å². The van der Waals surface area contributed by atoms with Gasteiger partial charge in [0.1, 0.15) is 0 Å². The first-order valence-corrected chi connectivity index (χ1v) is 8.28. The van der Waals surface area contributed by atoms with Gasteiger partial charge in [0.2, 0.25) is 0 Å². The SMILES string of the molecule is CN=C(NCCC1CCCCC1)NCc1ccsc1. The van der Waals surface area contributed by atoms with Crippen LogP contribution >= 0.6 is 11.3 Å². The number of nitrogens with zero attached hydrogens (tertiary/aromatic N) is 1. The summed E-state index contributed by atoms with van der Waals surface area (Å²) in [6.45, 7) is 1.89. The number of thiophene rings is 1. The van der Waals surface area contributed by atoms with Gasteiger partial charge in [0.05, 0.1) is 0 Å². The molecule has 0 amide bonds. The van der Waals surface area contributed by atoms with Crippen LogP contribution in [0.2, 0.25) is 0 Å². The first-order valence-electron chi connectivity index (χ1n) is 7.34. The Morgan fingerprint density at radius 2 is 2.16 bits per heavy atom. The van der Waals surface area contributed by atoms with Crippen molar-refractivity contribution in [3.05, 3.63) is 22.4 Å². The molecule has 3 nitrogen and oxygen atoms in total. The fraction of sp³-hybridized carbons (Fsp3) is 0.667. The summed E-state index contributed by atoms with van der Waals surface area (Å²) in [6.07, 6.45) is 8.41. The van der Waals surface area contributed by atoms with E-state index in [1.165, 1.54) is 44.1 Å². The van der Waals surface area contributed by atoms with Crippen LogP contribution in [0.15, 0.2) is 21.8 Å². The van der Waals surface area contributed by atoms with Crippen molar-refractivity contribution in [2.45, 2.75) is 45.1 Å². The average Bonchev–Trinajstić information content (AvgIpc) is 2.97.